The number of carboxylic acid groups (broad SMARTS) is 1. The smallest absolute Gasteiger partial charge is 0.307 e. The second kappa shape index (κ2) is 7.87. The predicted octanol–water partition coefficient (Wildman–Crippen LogP) is 0.766. The number of carbonyl (C=O) groups is 3. The Morgan fingerprint density at radius 1 is 1.05 bits per heavy atom. The van der Waals surface area contributed by atoms with E-state index < -0.39 is 17.8 Å². The van der Waals surface area contributed by atoms with Gasteiger partial charge in [0.2, 0.25) is 11.8 Å². The highest BCUT2D eigenvalue weighted by Gasteiger charge is 2.35. The van der Waals surface area contributed by atoms with E-state index in [4.69, 9.17) is 5.11 Å². The topological polar surface area (TPSA) is 95.5 Å². The number of hydrogen-bond acceptors (Lipinski definition) is 3. The maximum Gasteiger partial charge on any atom is 0.307 e. The summed E-state index contributed by atoms with van der Waals surface area (Å²) in [6, 6.07) is 0. The maximum atomic E-state index is 12.0. The fourth-order valence-electron chi connectivity index (χ4n) is 2.45. The van der Waals surface area contributed by atoms with Crippen LogP contribution in [0.5, 0.6) is 0 Å². The minimum absolute atomic E-state index is 0.0553. The van der Waals surface area contributed by atoms with Gasteiger partial charge in [-0.3, -0.25) is 14.4 Å². The summed E-state index contributed by atoms with van der Waals surface area (Å²) in [5, 5.41) is 14.5. The third-order valence-electron chi connectivity index (χ3n) is 3.67. The molecule has 114 valence electrons. The van der Waals surface area contributed by atoms with Gasteiger partial charge in [0.25, 0.3) is 0 Å². The summed E-state index contributed by atoms with van der Waals surface area (Å²) in [5.74, 6) is -2.26. The summed E-state index contributed by atoms with van der Waals surface area (Å²) >= 11 is 0. The van der Waals surface area contributed by atoms with Gasteiger partial charge >= 0.3 is 5.97 Å². The van der Waals surface area contributed by atoms with E-state index in [1.165, 1.54) is 0 Å². The van der Waals surface area contributed by atoms with Gasteiger partial charge in [-0.1, -0.05) is 26.7 Å². The quantitative estimate of drug-likeness (QED) is 0.628. The lowest BCUT2D eigenvalue weighted by Crippen LogP contribution is -2.42. The average Bonchev–Trinajstić information content (AvgIpc) is 2.42. The van der Waals surface area contributed by atoms with Crippen LogP contribution in [0.15, 0.2) is 0 Å². The Morgan fingerprint density at radius 2 is 1.60 bits per heavy atom. The summed E-state index contributed by atoms with van der Waals surface area (Å²) in [6.07, 6.45) is 2.95. The van der Waals surface area contributed by atoms with Crippen LogP contribution in [-0.2, 0) is 14.4 Å². The van der Waals surface area contributed by atoms with Gasteiger partial charge < -0.3 is 15.7 Å². The molecule has 20 heavy (non-hydrogen) atoms. The van der Waals surface area contributed by atoms with Crippen LogP contribution in [-0.4, -0.2) is 36.0 Å². The van der Waals surface area contributed by atoms with Crippen molar-refractivity contribution in [1.82, 2.24) is 10.6 Å². The lowest BCUT2D eigenvalue weighted by Gasteiger charge is -2.27. The van der Waals surface area contributed by atoms with Gasteiger partial charge in [0, 0.05) is 19.0 Å². The molecule has 1 fully saturated rings. The number of amides is 2. The molecule has 0 heterocycles. The molecule has 6 nitrogen and oxygen atoms in total. The van der Waals surface area contributed by atoms with E-state index in [-0.39, 0.29) is 17.7 Å². The third-order valence-corrected chi connectivity index (χ3v) is 3.67. The largest absolute Gasteiger partial charge is 0.481 e. The molecule has 0 aliphatic heterocycles. The summed E-state index contributed by atoms with van der Waals surface area (Å²) in [5.41, 5.74) is 0. The molecule has 1 aliphatic rings. The van der Waals surface area contributed by atoms with Gasteiger partial charge in [0.15, 0.2) is 0 Å². The van der Waals surface area contributed by atoms with Gasteiger partial charge in [0.05, 0.1) is 11.8 Å². The SMILES string of the molecule is CC(C)C(=O)NCCNC(=O)[C@@H]1CCCC[C@@H]1C(=O)O. The van der Waals surface area contributed by atoms with Crippen LogP contribution >= 0.6 is 0 Å². The maximum absolute atomic E-state index is 12.0. The van der Waals surface area contributed by atoms with Crippen LogP contribution in [0.4, 0.5) is 0 Å². The normalized spacial score (nSPS) is 22.4. The van der Waals surface area contributed by atoms with E-state index in [1.54, 1.807) is 13.8 Å². The summed E-state index contributed by atoms with van der Waals surface area (Å²) in [4.78, 5) is 34.5. The fourth-order valence-corrected chi connectivity index (χ4v) is 2.45. The molecule has 0 aromatic heterocycles. The first-order valence-electron chi connectivity index (χ1n) is 7.21. The molecule has 2 amide bonds. The van der Waals surface area contributed by atoms with Crippen LogP contribution in [0.1, 0.15) is 39.5 Å². The first kappa shape index (κ1) is 16.5. The molecular weight excluding hydrogens is 260 g/mol. The van der Waals surface area contributed by atoms with Crippen molar-refractivity contribution in [3.05, 3.63) is 0 Å². The number of hydrogen-bond donors (Lipinski definition) is 3. The monoisotopic (exact) mass is 284 g/mol. The molecule has 1 saturated carbocycles. The van der Waals surface area contributed by atoms with Crippen molar-refractivity contribution in [3.8, 4) is 0 Å². The number of carbonyl (C=O) groups excluding carboxylic acids is 2. The van der Waals surface area contributed by atoms with Crippen molar-refractivity contribution in [3.63, 3.8) is 0 Å². The van der Waals surface area contributed by atoms with Crippen LogP contribution < -0.4 is 10.6 Å². The van der Waals surface area contributed by atoms with Crippen LogP contribution in [0.2, 0.25) is 0 Å². The molecule has 0 unspecified atom stereocenters. The zero-order valence-electron chi connectivity index (χ0n) is 12.1. The van der Waals surface area contributed by atoms with E-state index in [9.17, 15) is 14.4 Å². The van der Waals surface area contributed by atoms with E-state index in [0.717, 1.165) is 12.8 Å². The summed E-state index contributed by atoms with van der Waals surface area (Å²) in [7, 11) is 0. The standard InChI is InChI=1S/C14H24N2O4/c1-9(2)12(17)15-7-8-16-13(18)10-5-3-4-6-11(10)14(19)20/h9-11H,3-8H2,1-2H3,(H,15,17)(H,16,18)(H,19,20)/t10-,11+/m1/s1. The molecule has 0 spiro atoms. The second-order valence-electron chi connectivity index (χ2n) is 5.57. The van der Waals surface area contributed by atoms with Crippen LogP contribution in [0.3, 0.4) is 0 Å². The minimum atomic E-state index is -0.891. The first-order valence-corrected chi connectivity index (χ1v) is 7.21. The lowest BCUT2D eigenvalue weighted by atomic mass is 9.79. The first-order chi connectivity index (χ1) is 9.43. The van der Waals surface area contributed by atoms with E-state index in [0.29, 0.717) is 25.9 Å². The fraction of sp³-hybridized carbons (Fsp3) is 0.786. The number of carboxylic acids is 1. The zero-order chi connectivity index (χ0) is 15.1. The van der Waals surface area contributed by atoms with Crippen LogP contribution in [0, 0.1) is 17.8 Å². The van der Waals surface area contributed by atoms with E-state index >= 15 is 0 Å². The van der Waals surface area contributed by atoms with Crippen LogP contribution in [0.25, 0.3) is 0 Å². The highest BCUT2D eigenvalue weighted by molar-refractivity contribution is 5.85. The van der Waals surface area contributed by atoms with Gasteiger partial charge in [0.1, 0.15) is 0 Å². The van der Waals surface area contributed by atoms with Gasteiger partial charge in [-0.05, 0) is 12.8 Å². The highest BCUT2D eigenvalue weighted by Crippen LogP contribution is 2.30. The molecule has 1 rings (SSSR count). The van der Waals surface area contributed by atoms with Crippen molar-refractivity contribution in [1.29, 1.82) is 0 Å². The lowest BCUT2D eigenvalue weighted by molar-refractivity contribution is -0.148. The van der Waals surface area contributed by atoms with Gasteiger partial charge in [-0.2, -0.15) is 0 Å². The molecule has 0 aromatic carbocycles. The molecular formula is C14H24N2O4. The molecule has 6 heteroatoms. The molecule has 0 radical (unpaired) electrons. The second-order valence-corrected chi connectivity index (χ2v) is 5.57. The highest BCUT2D eigenvalue weighted by atomic mass is 16.4. The molecule has 1 aliphatic carbocycles. The number of nitrogens with one attached hydrogen (secondary N) is 2. The van der Waals surface area contributed by atoms with Gasteiger partial charge in [-0.15, -0.1) is 0 Å². The third kappa shape index (κ3) is 4.83. The molecule has 0 saturated heterocycles. The Labute approximate surface area is 119 Å². The predicted molar refractivity (Wildman–Crippen MR) is 73.9 cm³/mol. The van der Waals surface area contributed by atoms with Crippen molar-refractivity contribution in [2.75, 3.05) is 13.1 Å². The minimum Gasteiger partial charge on any atom is -0.481 e. The Balaban J connectivity index is 2.34. The van der Waals surface area contributed by atoms with Crippen molar-refractivity contribution >= 4 is 17.8 Å². The molecule has 2 atom stereocenters. The average molecular weight is 284 g/mol. The Bertz CT molecular complexity index is 368. The van der Waals surface area contributed by atoms with E-state index in [2.05, 4.69) is 10.6 Å². The zero-order valence-corrected chi connectivity index (χ0v) is 12.1. The Hall–Kier alpha value is -1.59. The number of aliphatic carboxylic acids is 1. The van der Waals surface area contributed by atoms with Crippen molar-refractivity contribution in [2.45, 2.75) is 39.5 Å². The van der Waals surface area contributed by atoms with Gasteiger partial charge in [-0.25, -0.2) is 0 Å². The Morgan fingerprint density at radius 3 is 2.15 bits per heavy atom. The molecule has 0 aromatic rings. The van der Waals surface area contributed by atoms with Crippen molar-refractivity contribution < 1.29 is 19.5 Å². The van der Waals surface area contributed by atoms with Crippen molar-refractivity contribution in [2.24, 2.45) is 17.8 Å². The summed E-state index contributed by atoms with van der Waals surface area (Å²) < 4.78 is 0. The Kier molecular flexibility index (Phi) is 6.48. The summed E-state index contributed by atoms with van der Waals surface area (Å²) in [6.45, 7) is 4.30. The molecule has 0 bridgehead atoms. The number of rotatable bonds is 6. The van der Waals surface area contributed by atoms with E-state index in [1.807, 2.05) is 0 Å². The molecule has 3 N–H and O–H groups in total.